The van der Waals surface area contributed by atoms with Crippen LogP contribution in [0.2, 0.25) is 0 Å². The minimum atomic E-state index is 0.0596. The van der Waals surface area contributed by atoms with E-state index in [0.717, 1.165) is 90.1 Å². The number of hydrogen-bond acceptors (Lipinski definition) is 4. The Labute approximate surface area is 398 Å². The Hall–Kier alpha value is -8.93. The van der Waals surface area contributed by atoms with Crippen LogP contribution in [0.15, 0.2) is 229 Å². The van der Waals surface area contributed by atoms with E-state index in [1.165, 1.54) is 38.6 Å². The molecule has 0 fully saturated rings. The second kappa shape index (κ2) is 15.9. The Kier molecular flexibility index (Phi) is 9.02. The van der Waals surface area contributed by atoms with Gasteiger partial charge in [0.15, 0.2) is 17.5 Å². The molecule has 0 aliphatic heterocycles. The predicted octanol–water partition coefficient (Wildman–Crippen LogP) is 16.4. The largest absolute Gasteiger partial charge is 0.456 e. The smallest absolute Gasteiger partial charge is 0.164 e. The molecule has 13 aromatic rings. The molecule has 1 unspecified atom stereocenters. The summed E-state index contributed by atoms with van der Waals surface area (Å²) in [6, 6.07) is 80.2. The summed E-state index contributed by atoms with van der Waals surface area (Å²) in [5, 5.41) is 7.00. The summed E-state index contributed by atoms with van der Waals surface area (Å²) in [5.74, 6) is 1.86. The van der Waals surface area contributed by atoms with E-state index < -0.39 is 0 Å². The van der Waals surface area contributed by atoms with Crippen molar-refractivity contribution in [1.82, 2.24) is 19.5 Å². The average Bonchev–Trinajstić information content (AvgIpc) is 3.92. The van der Waals surface area contributed by atoms with Gasteiger partial charge in [0.1, 0.15) is 11.2 Å². The molecule has 0 radical (unpaired) electrons. The quantitative estimate of drug-likeness (QED) is 0.167. The van der Waals surface area contributed by atoms with Crippen molar-refractivity contribution in [2.24, 2.45) is 0 Å². The number of benzene rings is 10. The Bertz CT molecular complexity index is 4130. The zero-order valence-corrected chi connectivity index (χ0v) is 37.6. The van der Waals surface area contributed by atoms with Gasteiger partial charge in [0.05, 0.1) is 11.0 Å². The first-order chi connectivity index (χ1) is 34.2. The predicted molar refractivity (Wildman–Crippen MR) is 283 cm³/mol. The first-order valence-electron chi connectivity index (χ1n) is 23.8. The van der Waals surface area contributed by atoms with Crippen molar-refractivity contribution >= 4 is 54.5 Å². The van der Waals surface area contributed by atoms with Crippen LogP contribution < -0.4 is 0 Å². The Morgan fingerprint density at radius 1 is 0.391 bits per heavy atom. The number of furan rings is 1. The normalized spacial score (nSPS) is 13.5. The fourth-order valence-electron chi connectivity index (χ4n) is 11.1. The van der Waals surface area contributed by atoms with Crippen molar-refractivity contribution in [1.29, 1.82) is 0 Å². The van der Waals surface area contributed by atoms with Crippen molar-refractivity contribution in [2.75, 3.05) is 0 Å². The summed E-state index contributed by atoms with van der Waals surface area (Å²) < 4.78 is 9.18. The third kappa shape index (κ3) is 6.50. The molecule has 14 rings (SSSR count). The molecule has 0 amide bonds. The van der Waals surface area contributed by atoms with Crippen LogP contribution in [0, 0.1) is 0 Å². The van der Waals surface area contributed by atoms with Crippen LogP contribution in [0.1, 0.15) is 29.0 Å². The summed E-state index contributed by atoms with van der Waals surface area (Å²) in [6.07, 6.45) is 1.86. The molecule has 324 valence electrons. The highest BCUT2D eigenvalue weighted by molar-refractivity contribution is 6.15. The SMILES string of the molecule is c1ccc(-c2ccc(-c3nc(-c4cc(C5CCc6cc7ccccc7cc6-c6ccccc65)c5c(c4)oc4ccccc45)nc(-c4cccc5c4c4ccccc4n5-c4ccccc4)n3)cc2)cc1. The summed E-state index contributed by atoms with van der Waals surface area (Å²) in [7, 11) is 0. The van der Waals surface area contributed by atoms with Crippen molar-refractivity contribution in [2.45, 2.75) is 18.8 Å². The summed E-state index contributed by atoms with van der Waals surface area (Å²) >= 11 is 0. The molecule has 3 aromatic heterocycles. The van der Waals surface area contributed by atoms with Gasteiger partial charge in [-0.25, -0.2) is 15.0 Å². The molecule has 10 aromatic carbocycles. The molecule has 1 atom stereocenters. The van der Waals surface area contributed by atoms with Crippen LogP contribution in [0.5, 0.6) is 0 Å². The molecule has 0 saturated heterocycles. The van der Waals surface area contributed by atoms with E-state index in [1.807, 2.05) is 6.07 Å². The zero-order valence-electron chi connectivity index (χ0n) is 37.6. The van der Waals surface area contributed by atoms with E-state index in [0.29, 0.717) is 17.5 Å². The zero-order chi connectivity index (χ0) is 45.4. The number of fused-ring (bicyclic) bond motifs is 10. The van der Waals surface area contributed by atoms with Crippen LogP contribution >= 0.6 is 0 Å². The molecule has 3 heterocycles. The highest BCUT2D eigenvalue weighted by Crippen LogP contribution is 2.47. The van der Waals surface area contributed by atoms with Crippen molar-refractivity contribution < 1.29 is 4.42 Å². The van der Waals surface area contributed by atoms with Gasteiger partial charge in [-0.15, -0.1) is 0 Å². The molecule has 5 heteroatoms. The highest BCUT2D eigenvalue weighted by atomic mass is 16.3. The second-order valence-electron chi connectivity index (χ2n) is 18.2. The number of para-hydroxylation sites is 3. The molecule has 1 aliphatic rings. The van der Waals surface area contributed by atoms with Gasteiger partial charge in [-0.3, -0.25) is 0 Å². The lowest BCUT2D eigenvalue weighted by Gasteiger charge is -2.20. The van der Waals surface area contributed by atoms with Crippen molar-refractivity contribution in [3.63, 3.8) is 0 Å². The molecular formula is C64H42N4O. The first-order valence-corrected chi connectivity index (χ1v) is 23.8. The van der Waals surface area contributed by atoms with Gasteiger partial charge >= 0.3 is 0 Å². The van der Waals surface area contributed by atoms with Crippen LogP contribution in [0.4, 0.5) is 0 Å². The third-order valence-corrected chi connectivity index (χ3v) is 14.3. The minimum Gasteiger partial charge on any atom is -0.456 e. The van der Waals surface area contributed by atoms with E-state index in [1.54, 1.807) is 0 Å². The van der Waals surface area contributed by atoms with Crippen LogP contribution in [-0.2, 0) is 6.42 Å². The van der Waals surface area contributed by atoms with Gasteiger partial charge in [-0.05, 0) is 111 Å². The Morgan fingerprint density at radius 3 is 1.86 bits per heavy atom. The van der Waals surface area contributed by atoms with E-state index in [4.69, 9.17) is 19.4 Å². The molecule has 0 saturated carbocycles. The maximum Gasteiger partial charge on any atom is 0.164 e. The van der Waals surface area contributed by atoms with Gasteiger partial charge in [0, 0.05) is 49.8 Å². The molecule has 1 aliphatic carbocycles. The summed E-state index contributed by atoms with van der Waals surface area (Å²) in [4.78, 5) is 16.3. The van der Waals surface area contributed by atoms with Gasteiger partial charge in [0.2, 0.25) is 0 Å². The third-order valence-electron chi connectivity index (χ3n) is 14.3. The fourth-order valence-corrected chi connectivity index (χ4v) is 11.1. The van der Waals surface area contributed by atoms with Crippen molar-refractivity contribution in [3.8, 4) is 62.1 Å². The summed E-state index contributed by atoms with van der Waals surface area (Å²) in [5.41, 5.74) is 16.5. The number of aromatic nitrogens is 4. The molecule has 69 heavy (non-hydrogen) atoms. The number of hydrogen-bond donors (Lipinski definition) is 0. The van der Waals surface area contributed by atoms with Gasteiger partial charge in [-0.2, -0.15) is 0 Å². The van der Waals surface area contributed by atoms with Crippen molar-refractivity contribution in [3.05, 3.63) is 241 Å². The lowest BCUT2D eigenvalue weighted by atomic mass is 9.83. The fraction of sp³-hybridized carbons (Fsp3) is 0.0469. The topological polar surface area (TPSA) is 56.7 Å². The summed E-state index contributed by atoms with van der Waals surface area (Å²) in [6.45, 7) is 0. The average molecular weight is 883 g/mol. The Balaban J connectivity index is 1.01. The van der Waals surface area contributed by atoms with Gasteiger partial charge in [0.25, 0.3) is 0 Å². The Morgan fingerprint density at radius 2 is 1.01 bits per heavy atom. The lowest BCUT2D eigenvalue weighted by molar-refractivity contribution is 0.667. The monoisotopic (exact) mass is 882 g/mol. The van der Waals surface area contributed by atoms with Crippen LogP contribution in [0.3, 0.4) is 0 Å². The molecule has 0 N–H and O–H groups in total. The highest BCUT2D eigenvalue weighted by Gasteiger charge is 2.29. The van der Waals surface area contributed by atoms with Gasteiger partial charge in [-0.1, -0.05) is 176 Å². The maximum absolute atomic E-state index is 6.84. The van der Waals surface area contributed by atoms with Gasteiger partial charge < -0.3 is 8.98 Å². The molecule has 0 bridgehead atoms. The van der Waals surface area contributed by atoms with Crippen LogP contribution in [0.25, 0.3) is 117 Å². The molecular weight excluding hydrogens is 841 g/mol. The van der Waals surface area contributed by atoms with E-state index in [9.17, 15) is 0 Å². The van der Waals surface area contributed by atoms with E-state index >= 15 is 0 Å². The standard InChI is InChI=1S/C64H42N4O/c1-3-16-40(17-4-1)41-30-32-42(33-31-41)62-65-63(67-64(66-62)53-26-15-28-57-60(53)51-24-11-13-27-56(51)68(57)47-20-5-2-6-21-47)46-38-55(61-52-25-12-14-29-58(52)69-59(61)39-46)50-35-34-45-36-43-18-7-8-19-44(43)37-54(45)49-23-10-9-22-48(49)50/h1-33,36-39,50H,34-35H2. The molecule has 5 nitrogen and oxygen atoms in total. The lowest BCUT2D eigenvalue weighted by Crippen LogP contribution is -2.05. The number of aryl methyl sites for hydroxylation is 1. The molecule has 0 spiro atoms. The number of rotatable bonds is 6. The van der Waals surface area contributed by atoms with E-state index in [2.05, 4.69) is 223 Å². The minimum absolute atomic E-state index is 0.0596. The second-order valence-corrected chi connectivity index (χ2v) is 18.2. The number of nitrogens with zero attached hydrogens (tertiary/aromatic N) is 4. The maximum atomic E-state index is 6.84. The first kappa shape index (κ1) is 39.3. The van der Waals surface area contributed by atoms with E-state index in [-0.39, 0.29) is 5.92 Å². The van der Waals surface area contributed by atoms with Crippen LogP contribution in [-0.4, -0.2) is 19.5 Å².